The minimum absolute atomic E-state index is 0.0907. The minimum atomic E-state index is -1.11. The van der Waals surface area contributed by atoms with E-state index in [0.717, 1.165) is 6.54 Å². The molecule has 104 valence electrons. The number of aromatic nitrogens is 1. The molecule has 0 bridgehead atoms. The second-order valence-electron chi connectivity index (χ2n) is 4.59. The molecular weight excluding hydrogens is 317 g/mol. The van der Waals surface area contributed by atoms with Crippen molar-refractivity contribution < 1.29 is 13.9 Å². The molecule has 1 saturated heterocycles. The Morgan fingerprint density at radius 1 is 1.68 bits per heavy atom. The average molecular weight is 332 g/mol. The molecule has 2 heterocycles. The van der Waals surface area contributed by atoms with Gasteiger partial charge >= 0.3 is 0 Å². The topological polar surface area (TPSA) is 68.4 Å². The second kappa shape index (κ2) is 5.83. The Morgan fingerprint density at radius 3 is 3.05 bits per heavy atom. The molecule has 1 aromatic rings. The SMILES string of the molecule is CN1CC[C@H](Oc2ncc(Br)cc2C(N)=O)[C@@H](F)C1. The van der Waals surface area contributed by atoms with Crippen LogP contribution in [0.15, 0.2) is 16.7 Å². The number of hydrogen-bond acceptors (Lipinski definition) is 4. The molecule has 0 spiro atoms. The van der Waals surface area contributed by atoms with Gasteiger partial charge in [0.1, 0.15) is 17.8 Å². The zero-order valence-electron chi connectivity index (χ0n) is 10.5. The van der Waals surface area contributed by atoms with Gasteiger partial charge in [-0.25, -0.2) is 9.37 Å². The Kier molecular flexibility index (Phi) is 4.36. The second-order valence-corrected chi connectivity index (χ2v) is 5.51. The van der Waals surface area contributed by atoms with E-state index in [4.69, 9.17) is 10.5 Å². The molecule has 0 aromatic carbocycles. The van der Waals surface area contributed by atoms with E-state index in [1.807, 2.05) is 11.9 Å². The Bertz CT molecular complexity index is 486. The van der Waals surface area contributed by atoms with Crippen LogP contribution in [0.2, 0.25) is 0 Å². The van der Waals surface area contributed by atoms with Gasteiger partial charge in [0.05, 0.1) is 0 Å². The molecule has 2 atom stereocenters. The van der Waals surface area contributed by atoms with Crippen molar-refractivity contribution in [3.05, 3.63) is 22.3 Å². The van der Waals surface area contributed by atoms with Crippen molar-refractivity contribution in [2.75, 3.05) is 20.1 Å². The number of carbonyl (C=O) groups excluding carboxylic acids is 1. The number of amides is 1. The maximum atomic E-state index is 13.9. The molecule has 2 N–H and O–H groups in total. The summed E-state index contributed by atoms with van der Waals surface area (Å²) < 4.78 is 20.0. The fourth-order valence-electron chi connectivity index (χ4n) is 2.01. The molecular formula is C12H15BrFN3O2. The first kappa shape index (κ1) is 14.2. The van der Waals surface area contributed by atoms with E-state index in [0.29, 0.717) is 17.4 Å². The summed E-state index contributed by atoms with van der Waals surface area (Å²) in [4.78, 5) is 17.2. The molecule has 0 unspecified atom stereocenters. The number of alkyl halides is 1. The van der Waals surface area contributed by atoms with Crippen LogP contribution in [0.4, 0.5) is 4.39 Å². The molecule has 5 nitrogen and oxygen atoms in total. The zero-order chi connectivity index (χ0) is 14.0. The molecule has 1 aliphatic heterocycles. The summed E-state index contributed by atoms with van der Waals surface area (Å²) in [6.07, 6.45) is 0.338. The van der Waals surface area contributed by atoms with Crippen molar-refractivity contribution in [3.63, 3.8) is 0 Å². The number of nitrogens with zero attached hydrogens (tertiary/aromatic N) is 2. The molecule has 1 aliphatic rings. The highest BCUT2D eigenvalue weighted by molar-refractivity contribution is 9.10. The minimum Gasteiger partial charge on any atom is -0.471 e. The lowest BCUT2D eigenvalue weighted by atomic mass is 10.1. The van der Waals surface area contributed by atoms with Crippen molar-refractivity contribution in [3.8, 4) is 5.88 Å². The fourth-order valence-corrected chi connectivity index (χ4v) is 2.34. The predicted octanol–water partition coefficient (Wildman–Crippen LogP) is 1.36. The van der Waals surface area contributed by atoms with E-state index in [2.05, 4.69) is 20.9 Å². The smallest absolute Gasteiger partial charge is 0.254 e. The Morgan fingerprint density at radius 2 is 2.42 bits per heavy atom. The van der Waals surface area contributed by atoms with E-state index in [-0.39, 0.29) is 11.4 Å². The highest BCUT2D eigenvalue weighted by Crippen LogP contribution is 2.24. The monoisotopic (exact) mass is 331 g/mol. The normalized spacial score (nSPS) is 24.2. The number of hydrogen-bond donors (Lipinski definition) is 1. The Hall–Kier alpha value is -1.21. The van der Waals surface area contributed by atoms with Crippen molar-refractivity contribution in [2.24, 2.45) is 5.73 Å². The molecule has 0 radical (unpaired) electrons. The summed E-state index contributed by atoms with van der Waals surface area (Å²) in [5.41, 5.74) is 5.42. The van der Waals surface area contributed by atoms with Crippen LogP contribution in [0.5, 0.6) is 5.88 Å². The summed E-state index contributed by atoms with van der Waals surface area (Å²) >= 11 is 3.20. The van der Waals surface area contributed by atoms with E-state index < -0.39 is 18.2 Å². The van der Waals surface area contributed by atoms with Gasteiger partial charge in [0.2, 0.25) is 5.88 Å². The molecule has 0 aliphatic carbocycles. The molecule has 2 rings (SSSR count). The van der Waals surface area contributed by atoms with Crippen LogP contribution in [0.25, 0.3) is 0 Å². The predicted molar refractivity (Wildman–Crippen MR) is 71.9 cm³/mol. The van der Waals surface area contributed by atoms with Gasteiger partial charge in [-0.2, -0.15) is 0 Å². The van der Waals surface area contributed by atoms with Gasteiger partial charge in [-0.3, -0.25) is 4.79 Å². The van der Waals surface area contributed by atoms with Gasteiger partial charge in [-0.15, -0.1) is 0 Å². The van der Waals surface area contributed by atoms with E-state index in [9.17, 15) is 9.18 Å². The zero-order valence-corrected chi connectivity index (χ0v) is 12.1. The standard InChI is InChI=1S/C12H15BrFN3O2/c1-17-3-2-10(9(14)6-17)19-12-8(11(15)18)4-7(13)5-16-12/h4-5,9-10H,2-3,6H2,1H3,(H2,15,18)/t9-,10-/m0/s1. The largest absolute Gasteiger partial charge is 0.471 e. The van der Waals surface area contributed by atoms with Crippen molar-refractivity contribution in [1.82, 2.24) is 9.88 Å². The lowest BCUT2D eigenvalue weighted by Gasteiger charge is -2.32. The maximum absolute atomic E-state index is 13.9. The maximum Gasteiger partial charge on any atom is 0.254 e. The highest BCUT2D eigenvalue weighted by atomic mass is 79.9. The number of carbonyl (C=O) groups is 1. The van der Waals surface area contributed by atoms with Gasteiger partial charge < -0.3 is 15.4 Å². The highest BCUT2D eigenvalue weighted by Gasteiger charge is 2.30. The van der Waals surface area contributed by atoms with Gasteiger partial charge in [0, 0.05) is 23.8 Å². The third-order valence-electron chi connectivity index (χ3n) is 3.03. The summed E-state index contributed by atoms with van der Waals surface area (Å²) in [6, 6.07) is 1.52. The number of primary amides is 1. The summed E-state index contributed by atoms with van der Waals surface area (Å²) in [5.74, 6) is -0.556. The number of pyridine rings is 1. The summed E-state index contributed by atoms with van der Waals surface area (Å²) in [7, 11) is 1.86. The van der Waals surface area contributed by atoms with Crippen molar-refractivity contribution in [2.45, 2.75) is 18.7 Å². The first-order chi connectivity index (χ1) is 8.97. The molecule has 0 saturated carbocycles. The van der Waals surface area contributed by atoms with Crippen LogP contribution < -0.4 is 10.5 Å². The van der Waals surface area contributed by atoms with Gasteiger partial charge in [0.15, 0.2) is 0 Å². The quantitative estimate of drug-likeness (QED) is 0.908. The number of halogens is 2. The van der Waals surface area contributed by atoms with Gasteiger partial charge in [0.25, 0.3) is 5.91 Å². The van der Waals surface area contributed by atoms with E-state index in [1.165, 1.54) is 12.3 Å². The molecule has 19 heavy (non-hydrogen) atoms. The summed E-state index contributed by atoms with van der Waals surface area (Å²) in [6.45, 7) is 1.06. The van der Waals surface area contributed by atoms with Crippen molar-refractivity contribution >= 4 is 21.8 Å². The van der Waals surface area contributed by atoms with Crippen LogP contribution in [-0.2, 0) is 0 Å². The lowest BCUT2D eigenvalue weighted by molar-refractivity contribution is 0.0280. The van der Waals surface area contributed by atoms with Crippen LogP contribution in [0.3, 0.4) is 0 Å². The summed E-state index contributed by atoms with van der Waals surface area (Å²) in [5, 5.41) is 0. The van der Waals surface area contributed by atoms with E-state index >= 15 is 0 Å². The molecule has 7 heteroatoms. The van der Waals surface area contributed by atoms with Gasteiger partial charge in [-0.05, 0) is 35.5 Å². The van der Waals surface area contributed by atoms with Gasteiger partial charge in [-0.1, -0.05) is 0 Å². The number of ether oxygens (including phenoxy) is 1. The first-order valence-electron chi connectivity index (χ1n) is 5.92. The average Bonchev–Trinajstić information content (AvgIpc) is 2.34. The first-order valence-corrected chi connectivity index (χ1v) is 6.71. The Balaban J connectivity index is 2.17. The van der Waals surface area contributed by atoms with E-state index in [1.54, 1.807) is 0 Å². The Labute approximate surface area is 119 Å². The van der Waals surface area contributed by atoms with Crippen LogP contribution in [0.1, 0.15) is 16.8 Å². The lowest BCUT2D eigenvalue weighted by Crippen LogP contribution is -2.45. The molecule has 1 aromatic heterocycles. The number of likely N-dealkylation sites (tertiary alicyclic amines) is 1. The molecule has 1 amide bonds. The third-order valence-corrected chi connectivity index (χ3v) is 3.46. The molecule has 1 fully saturated rings. The van der Waals surface area contributed by atoms with Crippen LogP contribution in [-0.4, -0.2) is 48.2 Å². The van der Waals surface area contributed by atoms with Crippen LogP contribution in [0, 0.1) is 0 Å². The number of nitrogens with two attached hydrogens (primary N) is 1. The third kappa shape index (κ3) is 3.42. The number of rotatable bonds is 3. The van der Waals surface area contributed by atoms with Crippen LogP contribution >= 0.6 is 15.9 Å². The fraction of sp³-hybridized carbons (Fsp3) is 0.500. The number of piperidine rings is 1. The van der Waals surface area contributed by atoms with Crippen molar-refractivity contribution in [1.29, 1.82) is 0 Å².